The van der Waals surface area contributed by atoms with Gasteiger partial charge in [0.2, 0.25) is 0 Å². The zero-order valence-electron chi connectivity index (χ0n) is 18.5. The van der Waals surface area contributed by atoms with E-state index in [1.807, 2.05) is 54.6 Å². The van der Waals surface area contributed by atoms with Crippen LogP contribution in [0.25, 0.3) is 0 Å². The summed E-state index contributed by atoms with van der Waals surface area (Å²) in [6.07, 6.45) is 3.37. The van der Waals surface area contributed by atoms with E-state index >= 15 is 0 Å². The minimum absolute atomic E-state index is 0.0405. The molecule has 1 aliphatic rings. The quantitative estimate of drug-likeness (QED) is 0.413. The first-order chi connectivity index (χ1) is 16.1. The van der Waals surface area contributed by atoms with Crippen molar-refractivity contribution in [3.05, 3.63) is 94.5 Å². The number of benzene rings is 3. The van der Waals surface area contributed by atoms with Gasteiger partial charge < -0.3 is 20.5 Å². The zero-order valence-corrected chi connectivity index (χ0v) is 19.2. The summed E-state index contributed by atoms with van der Waals surface area (Å²) in [4.78, 5) is 12.2. The summed E-state index contributed by atoms with van der Waals surface area (Å²) in [5.74, 6) is 0.502. The van der Waals surface area contributed by atoms with Gasteiger partial charge >= 0.3 is 0 Å². The van der Waals surface area contributed by atoms with Crippen LogP contribution in [-0.4, -0.2) is 30.2 Å². The molecule has 1 amide bonds. The molecule has 3 aromatic rings. The summed E-state index contributed by atoms with van der Waals surface area (Å²) in [6, 6.07) is 23.0. The van der Waals surface area contributed by atoms with E-state index in [2.05, 4.69) is 16.7 Å². The number of fused-ring (bicyclic) bond motifs is 1. The lowest BCUT2D eigenvalue weighted by Crippen LogP contribution is -2.34. The highest BCUT2D eigenvalue weighted by molar-refractivity contribution is 6.30. The Kier molecular flexibility index (Phi) is 8.00. The van der Waals surface area contributed by atoms with Gasteiger partial charge in [-0.2, -0.15) is 0 Å². The predicted molar refractivity (Wildman–Crippen MR) is 132 cm³/mol. The van der Waals surface area contributed by atoms with E-state index in [1.54, 1.807) is 12.1 Å². The number of nitrogens with one attached hydrogen (secondary N) is 2. The van der Waals surface area contributed by atoms with Crippen LogP contribution >= 0.6 is 11.6 Å². The number of amides is 1. The zero-order chi connectivity index (χ0) is 23.0. The molecule has 0 saturated carbocycles. The monoisotopic (exact) mass is 464 g/mol. The number of halogens is 1. The largest absolute Gasteiger partial charge is 0.484 e. The van der Waals surface area contributed by atoms with Gasteiger partial charge in [0.25, 0.3) is 5.91 Å². The molecule has 33 heavy (non-hydrogen) atoms. The summed E-state index contributed by atoms with van der Waals surface area (Å²) < 4.78 is 5.76. The summed E-state index contributed by atoms with van der Waals surface area (Å²) >= 11 is 6.05. The fraction of sp³-hybridized carbons (Fsp3) is 0.296. The van der Waals surface area contributed by atoms with Crippen LogP contribution < -0.4 is 15.4 Å². The summed E-state index contributed by atoms with van der Waals surface area (Å²) in [5, 5.41) is 17.5. The second-order valence-corrected chi connectivity index (χ2v) is 8.84. The fourth-order valence-corrected chi connectivity index (χ4v) is 4.38. The van der Waals surface area contributed by atoms with Crippen molar-refractivity contribution in [2.75, 3.05) is 18.5 Å². The van der Waals surface area contributed by atoms with Gasteiger partial charge in [-0.1, -0.05) is 48.0 Å². The first-order valence-corrected chi connectivity index (χ1v) is 11.7. The number of aliphatic hydroxyl groups excluding tert-OH is 1. The smallest absolute Gasteiger partial charge is 0.262 e. The Morgan fingerprint density at radius 1 is 1.06 bits per heavy atom. The molecule has 6 heteroatoms. The number of hydrogen-bond acceptors (Lipinski definition) is 4. The lowest BCUT2D eigenvalue weighted by atomic mass is 10.0. The van der Waals surface area contributed by atoms with Crippen LogP contribution in [0.1, 0.15) is 35.6 Å². The van der Waals surface area contributed by atoms with Crippen LogP contribution in [-0.2, 0) is 17.6 Å². The maximum absolute atomic E-state index is 12.2. The average Bonchev–Trinajstić information content (AvgIpc) is 3.03. The topological polar surface area (TPSA) is 70.6 Å². The predicted octanol–water partition coefficient (Wildman–Crippen LogP) is 4.93. The molecule has 172 valence electrons. The Hall–Kier alpha value is -2.86. The highest BCUT2D eigenvalue weighted by Crippen LogP contribution is 2.26. The molecular weight excluding hydrogens is 436 g/mol. The Bertz CT molecular complexity index is 1070. The normalized spacial score (nSPS) is 16.4. The maximum atomic E-state index is 12.2. The van der Waals surface area contributed by atoms with Gasteiger partial charge in [-0.25, -0.2) is 0 Å². The Morgan fingerprint density at radius 3 is 2.73 bits per heavy atom. The molecule has 3 N–H and O–H groups in total. The fourth-order valence-electron chi connectivity index (χ4n) is 4.18. The van der Waals surface area contributed by atoms with Crippen LogP contribution in [0.15, 0.2) is 72.8 Å². The minimum atomic E-state index is -0.607. The van der Waals surface area contributed by atoms with E-state index in [4.69, 9.17) is 16.3 Å². The number of aryl methyl sites for hydroxylation is 1. The highest BCUT2D eigenvalue weighted by atomic mass is 35.5. The van der Waals surface area contributed by atoms with Crippen molar-refractivity contribution in [1.82, 2.24) is 5.32 Å². The molecule has 0 fully saturated rings. The molecule has 1 unspecified atom stereocenters. The third-order valence-electron chi connectivity index (χ3n) is 5.90. The van der Waals surface area contributed by atoms with Crippen LogP contribution in [0, 0.1) is 0 Å². The molecule has 4 rings (SSSR count). The molecule has 0 aliphatic heterocycles. The van der Waals surface area contributed by atoms with Gasteiger partial charge in [0.1, 0.15) is 5.75 Å². The van der Waals surface area contributed by atoms with Crippen molar-refractivity contribution < 1.29 is 14.6 Å². The molecule has 5 nitrogen and oxygen atoms in total. The molecule has 0 radical (unpaired) electrons. The molecule has 0 aromatic heterocycles. The van der Waals surface area contributed by atoms with Crippen LogP contribution in [0.5, 0.6) is 5.75 Å². The van der Waals surface area contributed by atoms with Gasteiger partial charge in [-0.15, -0.1) is 0 Å². The van der Waals surface area contributed by atoms with E-state index in [9.17, 15) is 9.90 Å². The molecule has 0 spiro atoms. The number of aliphatic hydroxyl groups is 1. The molecule has 0 heterocycles. The Balaban J connectivity index is 1.32. The van der Waals surface area contributed by atoms with Crippen molar-refractivity contribution in [3.8, 4) is 5.75 Å². The first-order valence-electron chi connectivity index (χ1n) is 11.3. The van der Waals surface area contributed by atoms with Crippen molar-refractivity contribution in [2.24, 2.45) is 0 Å². The number of rotatable bonds is 8. The van der Waals surface area contributed by atoms with Crippen molar-refractivity contribution in [3.63, 3.8) is 0 Å². The third kappa shape index (κ3) is 6.81. The van der Waals surface area contributed by atoms with Crippen molar-refractivity contribution in [2.45, 2.75) is 37.8 Å². The van der Waals surface area contributed by atoms with Gasteiger partial charge in [0.15, 0.2) is 6.61 Å². The van der Waals surface area contributed by atoms with Gasteiger partial charge in [0.05, 0.1) is 6.10 Å². The van der Waals surface area contributed by atoms with Gasteiger partial charge in [-0.05, 0) is 78.8 Å². The van der Waals surface area contributed by atoms with Crippen LogP contribution in [0.2, 0.25) is 5.02 Å². The molecule has 2 atom stereocenters. The average molecular weight is 465 g/mol. The molecule has 3 aromatic carbocycles. The van der Waals surface area contributed by atoms with Crippen LogP contribution in [0.3, 0.4) is 0 Å². The molecule has 1 aliphatic carbocycles. The summed E-state index contributed by atoms with van der Waals surface area (Å²) in [6.45, 7) is 0.428. The number of ether oxygens (including phenoxy) is 1. The summed E-state index contributed by atoms with van der Waals surface area (Å²) in [7, 11) is 0. The lowest BCUT2D eigenvalue weighted by Gasteiger charge is -2.20. The van der Waals surface area contributed by atoms with E-state index in [0.29, 0.717) is 17.3 Å². The highest BCUT2D eigenvalue weighted by Gasteiger charge is 2.19. The number of para-hydroxylation sites is 1. The van der Waals surface area contributed by atoms with E-state index in [0.717, 1.165) is 36.9 Å². The second-order valence-electron chi connectivity index (χ2n) is 8.41. The van der Waals surface area contributed by atoms with E-state index < -0.39 is 6.10 Å². The standard InChI is InChI=1S/C27H29ClN2O3/c28-22-8-4-7-20(14-22)26(31)17-29-24-11-5-6-19-12-13-25(16-21(19)15-24)33-18-27(32)30-23-9-2-1-3-10-23/h1-4,7-10,12-14,16,24,26,29,31H,5-6,11,15,17-18H2,(H,30,32)/t24?,26-/m0/s1. The first kappa shape index (κ1) is 23.3. The SMILES string of the molecule is O=C(COc1ccc2c(c1)CC(NC[C@H](O)c1cccc(Cl)c1)CCC2)Nc1ccccc1. The number of carbonyl (C=O) groups is 1. The van der Waals surface area contributed by atoms with Gasteiger partial charge in [0, 0.05) is 23.3 Å². The van der Waals surface area contributed by atoms with Crippen LogP contribution in [0.4, 0.5) is 5.69 Å². The Labute approximate surface area is 199 Å². The number of carbonyl (C=O) groups excluding carboxylic acids is 1. The van der Waals surface area contributed by atoms with Gasteiger partial charge in [-0.3, -0.25) is 4.79 Å². The number of anilines is 1. The second kappa shape index (κ2) is 11.3. The summed E-state index contributed by atoms with van der Waals surface area (Å²) in [5.41, 5.74) is 4.11. The Morgan fingerprint density at radius 2 is 1.91 bits per heavy atom. The lowest BCUT2D eigenvalue weighted by molar-refractivity contribution is -0.118. The van der Waals surface area contributed by atoms with E-state index in [1.165, 1.54) is 11.1 Å². The van der Waals surface area contributed by atoms with Crippen molar-refractivity contribution in [1.29, 1.82) is 0 Å². The molecular formula is C27H29ClN2O3. The molecule has 0 saturated heterocycles. The number of hydrogen-bond donors (Lipinski definition) is 3. The van der Waals surface area contributed by atoms with E-state index in [-0.39, 0.29) is 18.6 Å². The molecule has 0 bridgehead atoms. The minimum Gasteiger partial charge on any atom is -0.484 e. The van der Waals surface area contributed by atoms with Crippen molar-refractivity contribution >= 4 is 23.2 Å². The third-order valence-corrected chi connectivity index (χ3v) is 6.14. The maximum Gasteiger partial charge on any atom is 0.262 e.